The van der Waals surface area contributed by atoms with E-state index in [1.807, 2.05) is 13.0 Å². The Morgan fingerprint density at radius 1 is 1.19 bits per heavy atom. The molecule has 0 aliphatic rings. The molecule has 1 N–H and O–H groups in total. The van der Waals surface area contributed by atoms with Crippen LogP contribution in [0.2, 0.25) is 4.34 Å². The third-order valence-electron chi connectivity index (χ3n) is 3.68. The summed E-state index contributed by atoms with van der Waals surface area (Å²) in [6, 6.07) is 9.42. The van der Waals surface area contributed by atoms with Gasteiger partial charge in [0.15, 0.2) is 6.61 Å². The van der Waals surface area contributed by atoms with Gasteiger partial charge in [0.05, 0.1) is 9.21 Å². The molecule has 0 bridgehead atoms. The molecule has 0 spiro atoms. The topological polar surface area (TPSA) is 72.5 Å². The van der Waals surface area contributed by atoms with E-state index in [1.165, 1.54) is 0 Å². The van der Waals surface area contributed by atoms with E-state index in [1.54, 1.807) is 44.2 Å². The third-order valence-corrected chi connectivity index (χ3v) is 4.95. The molecule has 0 aliphatic carbocycles. The molecule has 5 nitrogen and oxygen atoms in total. The van der Waals surface area contributed by atoms with Crippen LogP contribution in [0.1, 0.15) is 39.4 Å². The van der Waals surface area contributed by atoms with Crippen molar-refractivity contribution in [1.29, 1.82) is 0 Å². The summed E-state index contributed by atoms with van der Waals surface area (Å²) >= 11 is 6.92. The molecule has 2 aromatic rings. The minimum Gasteiger partial charge on any atom is -0.456 e. The Kier molecular flexibility index (Phi) is 6.94. The molecule has 0 unspecified atom stereocenters. The number of esters is 1. The number of benzene rings is 1. The fourth-order valence-corrected chi connectivity index (χ4v) is 3.24. The summed E-state index contributed by atoms with van der Waals surface area (Å²) < 4.78 is 5.60. The Morgan fingerprint density at radius 2 is 1.92 bits per heavy atom. The lowest BCUT2D eigenvalue weighted by molar-refractivity contribution is -0.145. The van der Waals surface area contributed by atoms with Gasteiger partial charge in [-0.15, -0.1) is 11.3 Å². The molecule has 0 fully saturated rings. The van der Waals surface area contributed by atoms with E-state index in [0.29, 0.717) is 14.8 Å². The number of ether oxygens (including phenoxy) is 1. The van der Waals surface area contributed by atoms with Crippen LogP contribution >= 0.6 is 22.9 Å². The van der Waals surface area contributed by atoms with Crippen LogP contribution in [0.4, 0.5) is 0 Å². The van der Waals surface area contributed by atoms with Gasteiger partial charge in [-0.2, -0.15) is 0 Å². The fraction of sp³-hybridized carbons (Fsp3) is 0.316. The third kappa shape index (κ3) is 5.41. The predicted molar refractivity (Wildman–Crippen MR) is 102 cm³/mol. The van der Waals surface area contributed by atoms with Gasteiger partial charge in [0.25, 0.3) is 5.91 Å². The summed E-state index contributed by atoms with van der Waals surface area (Å²) in [5.41, 5.74) is 1.41. The first-order valence-electron chi connectivity index (χ1n) is 8.10. The van der Waals surface area contributed by atoms with Crippen LogP contribution in [0.3, 0.4) is 0 Å². The van der Waals surface area contributed by atoms with Gasteiger partial charge < -0.3 is 10.1 Å². The molecule has 0 radical (unpaired) electrons. The lowest BCUT2D eigenvalue weighted by Gasteiger charge is -2.20. The van der Waals surface area contributed by atoms with Gasteiger partial charge in [-0.05, 0) is 37.1 Å². The largest absolute Gasteiger partial charge is 0.456 e. The molecular weight excluding hydrogens is 374 g/mol. The Labute approximate surface area is 161 Å². The normalized spacial score (nSPS) is 11.9. The first kappa shape index (κ1) is 20.1. The molecular formula is C19H20ClNO4S. The number of halogens is 1. The quantitative estimate of drug-likeness (QED) is 0.572. The zero-order valence-corrected chi connectivity index (χ0v) is 16.3. The van der Waals surface area contributed by atoms with E-state index in [0.717, 1.165) is 16.9 Å². The fourth-order valence-electron chi connectivity index (χ4n) is 2.27. The summed E-state index contributed by atoms with van der Waals surface area (Å²) in [6.07, 6.45) is 0. The molecule has 1 heterocycles. The molecule has 1 aromatic heterocycles. The molecule has 0 aliphatic heterocycles. The predicted octanol–water partition coefficient (Wildman–Crippen LogP) is 3.89. The van der Waals surface area contributed by atoms with Crippen LogP contribution in [0, 0.1) is 12.8 Å². The summed E-state index contributed by atoms with van der Waals surface area (Å²) in [6.45, 7) is 5.08. The van der Waals surface area contributed by atoms with Crippen molar-refractivity contribution in [2.75, 3.05) is 6.61 Å². The number of hydrogen-bond donors (Lipinski definition) is 1. The van der Waals surface area contributed by atoms with E-state index in [9.17, 15) is 14.4 Å². The second kappa shape index (κ2) is 8.96. The van der Waals surface area contributed by atoms with Gasteiger partial charge in [0.2, 0.25) is 5.78 Å². The van der Waals surface area contributed by atoms with Gasteiger partial charge in [-0.25, -0.2) is 4.79 Å². The van der Waals surface area contributed by atoms with Crippen molar-refractivity contribution in [3.8, 4) is 0 Å². The van der Waals surface area contributed by atoms with Crippen LogP contribution in [-0.2, 0) is 9.53 Å². The van der Waals surface area contributed by atoms with Gasteiger partial charge in [0.1, 0.15) is 6.04 Å². The first-order valence-corrected chi connectivity index (χ1v) is 9.30. The number of nitrogens with one attached hydrogen (secondary N) is 1. The average molecular weight is 394 g/mol. The minimum atomic E-state index is -0.845. The van der Waals surface area contributed by atoms with E-state index in [2.05, 4.69) is 5.32 Å². The van der Waals surface area contributed by atoms with Crippen molar-refractivity contribution in [3.63, 3.8) is 0 Å². The number of aryl methyl sites for hydroxylation is 1. The Morgan fingerprint density at radius 3 is 2.50 bits per heavy atom. The summed E-state index contributed by atoms with van der Waals surface area (Å²) in [5, 5.41) is 2.68. The SMILES string of the molecule is Cc1cccc(C(=O)N[C@H](C(=O)OCC(=O)c2ccc(Cl)s2)C(C)C)c1. The monoisotopic (exact) mass is 393 g/mol. The van der Waals surface area contributed by atoms with Crippen LogP contribution in [0.15, 0.2) is 36.4 Å². The van der Waals surface area contributed by atoms with Crippen molar-refractivity contribution < 1.29 is 19.1 Å². The number of hydrogen-bond acceptors (Lipinski definition) is 5. The number of thiophene rings is 1. The minimum absolute atomic E-state index is 0.192. The molecule has 26 heavy (non-hydrogen) atoms. The van der Waals surface area contributed by atoms with Crippen molar-refractivity contribution in [3.05, 3.63) is 56.7 Å². The lowest BCUT2D eigenvalue weighted by atomic mass is 10.0. The smallest absolute Gasteiger partial charge is 0.329 e. The molecule has 7 heteroatoms. The maximum atomic E-state index is 12.4. The second-order valence-corrected chi connectivity index (χ2v) is 7.91. The molecule has 0 saturated carbocycles. The van der Waals surface area contributed by atoms with Gasteiger partial charge in [-0.1, -0.05) is 43.1 Å². The summed E-state index contributed by atoms with van der Waals surface area (Å²) in [5.74, 6) is -1.52. The lowest BCUT2D eigenvalue weighted by Crippen LogP contribution is -2.45. The standard InChI is InChI=1S/C19H20ClNO4S/c1-11(2)17(21-18(23)13-6-4-5-12(3)9-13)19(24)25-10-14(22)15-7-8-16(20)26-15/h4-9,11,17H,10H2,1-3H3,(H,21,23)/t17-/m0/s1. The van der Waals surface area contributed by atoms with Crippen molar-refractivity contribution in [2.24, 2.45) is 5.92 Å². The zero-order valence-electron chi connectivity index (χ0n) is 14.7. The molecule has 1 atom stereocenters. The van der Waals surface area contributed by atoms with E-state index < -0.39 is 12.0 Å². The second-order valence-electron chi connectivity index (χ2n) is 6.20. The Hall–Kier alpha value is -2.18. The van der Waals surface area contributed by atoms with E-state index in [-0.39, 0.29) is 24.2 Å². The van der Waals surface area contributed by atoms with Crippen LogP contribution in [-0.4, -0.2) is 30.3 Å². The molecule has 1 amide bonds. The van der Waals surface area contributed by atoms with Crippen LogP contribution < -0.4 is 5.32 Å². The maximum Gasteiger partial charge on any atom is 0.329 e. The van der Waals surface area contributed by atoms with Crippen LogP contribution in [0.5, 0.6) is 0 Å². The van der Waals surface area contributed by atoms with E-state index >= 15 is 0 Å². The highest BCUT2D eigenvalue weighted by molar-refractivity contribution is 7.18. The molecule has 138 valence electrons. The molecule has 2 rings (SSSR count). The van der Waals surface area contributed by atoms with Crippen molar-refractivity contribution in [2.45, 2.75) is 26.8 Å². The zero-order chi connectivity index (χ0) is 19.3. The molecule has 0 saturated heterocycles. The molecule has 1 aromatic carbocycles. The Balaban J connectivity index is 1.98. The van der Waals surface area contributed by atoms with Gasteiger partial charge >= 0.3 is 5.97 Å². The summed E-state index contributed by atoms with van der Waals surface area (Å²) in [7, 11) is 0. The van der Waals surface area contributed by atoms with Crippen molar-refractivity contribution in [1.82, 2.24) is 5.32 Å². The number of Topliss-reactive ketones (excluding diaryl/α,β-unsaturated/α-hetero) is 1. The van der Waals surface area contributed by atoms with E-state index in [4.69, 9.17) is 16.3 Å². The average Bonchev–Trinajstić information content (AvgIpc) is 3.03. The first-order chi connectivity index (χ1) is 12.3. The number of carbonyl (C=O) groups excluding carboxylic acids is 3. The number of amides is 1. The van der Waals surface area contributed by atoms with Crippen LogP contribution in [0.25, 0.3) is 0 Å². The highest BCUT2D eigenvalue weighted by Crippen LogP contribution is 2.21. The van der Waals surface area contributed by atoms with Gasteiger partial charge in [-0.3, -0.25) is 9.59 Å². The van der Waals surface area contributed by atoms with Gasteiger partial charge in [0, 0.05) is 5.56 Å². The summed E-state index contributed by atoms with van der Waals surface area (Å²) in [4.78, 5) is 37.2. The number of carbonyl (C=O) groups is 3. The Bertz CT molecular complexity index is 815. The number of rotatable bonds is 7. The highest BCUT2D eigenvalue weighted by atomic mass is 35.5. The van der Waals surface area contributed by atoms with Crippen molar-refractivity contribution >= 4 is 40.6 Å². The highest BCUT2D eigenvalue weighted by Gasteiger charge is 2.27. The maximum absolute atomic E-state index is 12.4. The number of ketones is 1.